The summed E-state index contributed by atoms with van der Waals surface area (Å²) in [5.74, 6) is 0. The van der Waals surface area contributed by atoms with Crippen LogP contribution in [0.1, 0.15) is 31.9 Å². The van der Waals surface area contributed by atoms with Crippen LogP contribution in [0.4, 0.5) is 0 Å². The molecule has 0 bridgehead atoms. The molecule has 0 heterocycles. The van der Waals surface area contributed by atoms with E-state index in [0.717, 1.165) is 6.42 Å². The van der Waals surface area contributed by atoms with Crippen molar-refractivity contribution in [3.05, 3.63) is 29.8 Å². The Hall–Kier alpha value is -0.510. The second-order valence-electron chi connectivity index (χ2n) is 3.90. The third-order valence-electron chi connectivity index (χ3n) is 2.64. The first kappa shape index (κ1) is 13.6. The van der Waals surface area contributed by atoms with Crippen LogP contribution < -0.4 is 5.32 Å². The maximum absolute atomic E-state index is 9.10. The highest BCUT2D eigenvalue weighted by atomic mass is 32.2. The number of benzene rings is 1. The zero-order valence-corrected chi connectivity index (χ0v) is 11.1. The van der Waals surface area contributed by atoms with Crippen LogP contribution in [0.3, 0.4) is 0 Å². The standard InChI is InChI=1S/C13H21NOS/c1-4-12(14-3)11-7-5-6-8-13(11)16-10(2)9-15/h5-8,10,12,14-15H,4,9H2,1-3H3. The van der Waals surface area contributed by atoms with Crippen LogP contribution in [-0.2, 0) is 0 Å². The molecule has 2 N–H and O–H groups in total. The van der Waals surface area contributed by atoms with Crippen molar-refractivity contribution in [1.29, 1.82) is 0 Å². The largest absolute Gasteiger partial charge is 0.395 e. The summed E-state index contributed by atoms with van der Waals surface area (Å²) in [5.41, 5.74) is 1.33. The molecule has 0 aliphatic rings. The van der Waals surface area contributed by atoms with E-state index in [1.54, 1.807) is 11.8 Å². The predicted octanol–water partition coefficient (Wildman–Crippen LogP) is 2.83. The van der Waals surface area contributed by atoms with Gasteiger partial charge in [0.05, 0.1) is 6.61 Å². The summed E-state index contributed by atoms with van der Waals surface area (Å²) in [6.45, 7) is 4.44. The summed E-state index contributed by atoms with van der Waals surface area (Å²) in [6, 6.07) is 8.82. The minimum absolute atomic E-state index is 0.218. The molecule has 0 aliphatic heterocycles. The van der Waals surface area contributed by atoms with Gasteiger partial charge in [-0.1, -0.05) is 32.0 Å². The fourth-order valence-electron chi connectivity index (χ4n) is 1.71. The van der Waals surface area contributed by atoms with E-state index < -0.39 is 0 Å². The van der Waals surface area contributed by atoms with E-state index in [0.29, 0.717) is 6.04 Å². The number of thioether (sulfide) groups is 1. The molecule has 1 aromatic rings. The first-order chi connectivity index (χ1) is 7.72. The van der Waals surface area contributed by atoms with Gasteiger partial charge in [0.2, 0.25) is 0 Å². The highest BCUT2D eigenvalue weighted by Crippen LogP contribution is 2.31. The topological polar surface area (TPSA) is 32.3 Å². The lowest BCUT2D eigenvalue weighted by molar-refractivity contribution is 0.300. The maximum atomic E-state index is 9.10. The van der Waals surface area contributed by atoms with Gasteiger partial charge in [0.25, 0.3) is 0 Å². The lowest BCUT2D eigenvalue weighted by atomic mass is 10.1. The van der Waals surface area contributed by atoms with Crippen LogP contribution in [0, 0.1) is 0 Å². The molecule has 2 unspecified atom stereocenters. The van der Waals surface area contributed by atoms with Gasteiger partial charge in [0.1, 0.15) is 0 Å². The molecule has 0 spiro atoms. The first-order valence-electron chi connectivity index (χ1n) is 5.76. The minimum Gasteiger partial charge on any atom is -0.395 e. The first-order valence-corrected chi connectivity index (χ1v) is 6.64. The van der Waals surface area contributed by atoms with Gasteiger partial charge in [-0.3, -0.25) is 0 Å². The quantitative estimate of drug-likeness (QED) is 0.749. The second-order valence-corrected chi connectivity index (χ2v) is 5.38. The van der Waals surface area contributed by atoms with Crippen molar-refractivity contribution >= 4 is 11.8 Å². The van der Waals surface area contributed by atoms with Gasteiger partial charge in [0, 0.05) is 16.2 Å². The van der Waals surface area contributed by atoms with Crippen LogP contribution >= 0.6 is 11.8 Å². The van der Waals surface area contributed by atoms with Crippen molar-refractivity contribution in [3.8, 4) is 0 Å². The Morgan fingerprint density at radius 1 is 1.38 bits per heavy atom. The lowest BCUT2D eigenvalue weighted by Crippen LogP contribution is -2.16. The second kappa shape index (κ2) is 6.94. The molecule has 3 heteroatoms. The van der Waals surface area contributed by atoms with Crippen molar-refractivity contribution in [2.24, 2.45) is 0 Å². The summed E-state index contributed by atoms with van der Waals surface area (Å²) >= 11 is 1.74. The molecular weight excluding hydrogens is 218 g/mol. The number of hydrogen-bond donors (Lipinski definition) is 2. The van der Waals surface area contributed by atoms with Crippen molar-refractivity contribution < 1.29 is 5.11 Å². The average Bonchev–Trinajstić information content (AvgIpc) is 2.32. The van der Waals surface area contributed by atoms with Crippen LogP contribution in [0.15, 0.2) is 29.2 Å². The Labute approximate surface area is 102 Å². The molecule has 0 amide bonds. The fourth-order valence-corrected chi connectivity index (χ4v) is 2.72. The van der Waals surface area contributed by atoms with Crippen molar-refractivity contribution in [3.63, 3.8) is 0 Å². The van der Waals surface area contributed by atoms with E-state index in [-0.39, 0.29) is 11.9 Å². The molecule has 0 saturated heterocycles. The van der Waals surface area contributed by atoms with Gasteiger partial charge in [-0.2, -0.15) is 0 Å². The Morgan fingerprint density at radius 3 is 2.62 bits per heavy atom. The van der Waals surface area contributed by atoms with Crippen molar-refractivity contribution in [2.75, 3.05) is 13.7 Å². The predicted molar refractivity (Wildman–Crippen MR) is 70.9 cm³/mol. The SMILES string of the molecule is CCC(NC)c1ccccc1SC(C)CO. The van der Waals surface area contributed by atoms with Crippen LogP contribution in [0.2, 0.25) is 0 Å². The summed E-state index contributed by atoms with van der Waals surface area (Å²) in [5, 5.41) is 12.7. The van der Waals surface area contributed by atoms with Crippen molar-refractivity contribution in [2.45, 2.75) is 36.5 Å². The van der Waals surface area contributed by atoms with Gasteiger partial charge in [-0.15, -0.1) is 11.8 Å². The molecular formula is C13H21NOS. The highest BCUT2D eigenvalue weighted by Gasteiger charge is 2.13. The molecule has 0 aliphatic carbocycles. The summed E-state index contributed by atoms with van der Waals surface area (Å²) in [7, 11) is 1.99. The summed E-state index contributed by atoms with van der Waals surface area (Å²) in [6.07, 6.45) is 1.07. The summed E-state index contributed by atoms with van der Waals surface area (Å²) in [4.78, 5) is 1.27. The number of aliphatic hydroxyl groups excluding tert-OH is 1. The Kier molecular flexibility index (Phi) is 5.88. The summed E-state index contributed by atoms with van der Waals surface area (Å²) < 4.78 is 0. The zero-order valence-electron chi connectivity index (χ0n) is 10.2. The van der Waals surface area contributed by atoms with E-state index in [4.69, 9.17) is 5.11 Å². The molecule has 2 atom stereocenters. The van der Waals surface area contributed by atoms with Crippen LogP contribution in [0.5, 0.6) is 0 Å². The smallest absolute Gasteiger partial charge is 0.0550 e. The number of nitrogens with one attached hydrogen (secondary N) is 1. The molecule has 0 radical (unpaired) electrons. The van der Waals surface area contributed by atoms with E-state index >= 15 is 0 Å². The Balaban J connectivity index is 2.90. The van der Waals surface area contributed by atoms with E-state index in [1.807, 2.05) is 14.0 Å². The van der Waals surface area contributed by atoms with Crippen LogP contribution in [-0.4, -0.2) is 24.0 Å². The molecule has 1 aromatic carbocycles. The third kappa shape index (κ3) is 3.51. The van der Waals surface area contributed by atoms with Gasteiger partial charge in [0.15, 0.2) is 0 Å². The number of hydrogen-bond acceptors (Lipinski definition) is 3. The molecule has 16 heavy (non-hydrogen) atoms. The molecule has 2 nitrogen and oxygen atoms in total. The molecule has 0 saturated carbocycles. The number of aliphatic hydroxyl groups is 1. The molecule has 90 valence electrons. The normalized spacial score (nSPS) is 14.8. The molecule has 0 fully saturated rings. The monoisotopic (exact) mass is 239 g/mol. The van der Waals surface area contributed by atoms with Crippen molar-refractivity contribution in [1.82, 2.24) is 5.32 Å². The van der Waals surface area contributed by atoms with E-state index in [9.17, 15) is 0 Å². The maximum Gasteiger partial charge on any atom is 0.0550 e. The van der Waals surface area contributed by atoms with Gasteiger partial charge in [-0.25, -0.2) is 0 Å². The minimum atomic E-state index is 0.218. The Bertz CT molecular complexity index is 313. The van der Waals surface area contributed by atoms with Crippen LogP contribution in [0.25, 0.3) is 0 Å². The average molecular weight is 239 g/mol. The van der Waals surface area contributed by atoms with Gasteiger partial charge >= 0.3 is 0 Å². The van der Waals surface area contributed by atoms with Gasteiger partial charge < -0.3 is 10.4 Å². The van der Waals surface area contributed by atoms with Gasteiger partial charge in [-0.05, 0) is 25.1 Å². The lowest BCUT2D eigenvalue weighted by Gasteiger charge is -2.19. The molecule has 1 rings (SSSR count). The third-order valence-corrected chi connectivity index (χ3v) is 3.81. The zero-order chi connectivity index (χ0) is 12.0. The van der Waals surface area contributed by atoms with E-state index in [1.165, 1.54) is 10.5 Å². The highest BCUT2D eigenvalue weighted by molar-refractivity contribution is 8.00. The molecule has 0 aromatic heterocycles. The van der Waals surface area contributed by atoms with E-state index in [2.05, 4.69) is 36.5 Å². The Morgan fingerprint density at radius 2 is 2.06 bits per heavy atom. The number of rotatable bonds is 6. The fraction of sp³-hybridized carbons (Fsp3) is 0.538.